The maximum absolute atomic E-state index is 12.5. The van der Waals surface area contributed by atoms with Crippen molar-refractivity contribution >= 4 is 27.2 Å². The molecule has 0 N–H and O–H groups in total. The van der Waals surface area contributed by atoms with Crippen LogP contribution in [0.2, 0.25) is 0 Å². The topological polar surface area (TPSA) is 17.1 Å². The number of rotatable bonds is 4. The summed E-state index contributed by atoms with van der Waals surface area (Å²) in [5.41, 5.74) is 3.25. The third-order valence-corrected chi connectivity index (χ3v) is 4.54. The van der Waals surface area contributed by atoms with E-state index >= 15 is 0 Å². The lowest BCUT2D eigenvalue weighted by Crippen LogP contribution is -2.02. The van der Waals surface area contributed by atoms with Crippen LogP contribution >= 0.6 is 11.3 Å². The summed E-state index contributed by atoms with van der Waals surface area (Å²) in [6.07, 6.45) is 1.51. The van der Waals surface area contributed by atoms with E-state index in [0.29, 0.717) is 6.42 Å². The van der Waals surface area contributed by atoms with Crippen molar-refractivity contribution in [2.45, 2.75) is 19.8 Å². The van der Waals surface area contributed by atoms with E-state index in [1.807, 2.05) is 23.6 Å². The predicted molar refractivity (Wildman–Crippen MR) is 85.7 cm³/mol. The van der Waals surface area contributed by atoms with E-state index in [4.69, 9.17) is 0 Å². The van der Waals surface area contributed by atoms with Crippen LogP contribution in [0.25, 0.3) is 10.1 Å². The molecule has 0 fully saturated rings. The van der Waals surface area contributed by atoms with Crippen LogP contribution in [0.15, 0.2) is 53.9 Å². The number of ketones is 1. The van der Waals surface area contributed by atoms with Crippen LogP contribution in [0, 0.1) is 0 Å². The minimum Gasteiger partial charge on any atom is -0.294 e. The monoisotopic (exact) mass is 280 g/mol. The lowest BCUT2D eigenvalue weighted by Gasteiger charge is -2.02. The van der Waals surface area contributed by atoms with Crippen molar-refractivity contribution in [3.8, 4) is 0 Å². The highest BCUT2D eigenvalue weighted by Crippen LogP contribution is 2.26. The molecule has 0 bridgehead atoms. The number of benzene rings is 2. The molecule has 0 saturated carbocycles. The minimum absolute atomic E-state index is 0.201. The zero-order valence-electron chi connectivity index (χ0n) is 11.4. The molecule has 2 heteroatoms. The molecule has 0 atom stereocenters. The van der Waals surface area contributed by atoms with E-state index in [2.05, 4.69) is 37.3 Å². The molecule has 1 nitrogen and oxygen atoms in total. The Morgan fingerprint density at radius 2 is 1.70 bits per heavy atom. The average Bonchev–Trinajstić information content (AvgIpc) is 2.92. The Bertz CT molecular complexity index is 737. The first-order chi connectivity index (χ1) is 9.78. The van der Waals surface area contributed by atoms with E-state index < -0.39 is 0 Å². The fourth-order valence-electron chi connectivity index (χ4n) is 2.37. The van der Waals surface area contributed by atoms with Gasteiger partial charge in [-0.15, -0.1) is 11.3 Å². The fraction of sp³-hybridized carbons (Fsp3) is 0.167. The van der Waals surface area contributed by atoms with Gasteiger partial charge in [0.2, 0.25) is 0 Å². The molecule has 0 aliphatic carbocycles. The smallest absolute Gasteiger partial charge is 0.168 e. The highest BCUT2D eigenvalue weighted by atomic mass is 32.1. The molecular formula is C18H16OS. The second-order valence-electron chi connectivity index (χ2n) is 4.92. The molecule has 0 aliphatic rings. The minimum atomic E-state index is 0.201. The first kappa shape index (κ1) is 13.1. The first-order valence-corrected chi connectivity index (χ1v) is 7.73. The van der Waals surface area contributed by atoms with Crippen LogP contribution in [0.3, 0.4) is 0 Å². The van der Waals surface area contributed by atoms with Gasteiger partial charge in [-0.25, -0.2) is 0 Å². The molecule has 1 aromatic heterocycles. The number of thiophene rings is 1. The molecule has 20 heavy (non-hydrogen) atoms. The lowest BCUT2D eigenvalue weighted by molar-refractivity contribution is 0.0995. The van der Waals surface area contributed by atoms with Crippen LogP contribution in [-0.4, -0.2) is 5.78 Å². The van der Waals surface area contributed by atoms with Gasteiger partial charge in [-0.1, -0.05) is 49.4 Å². The zero-order chi connectivity index (χ0) is 13.9. The SMILES string of the molecule is CCc1ccc(CC(=O)c2csc3ccccc23)cc1. The van der Waals surface area contributed by atoms with E-state index in [1.54, 1.807) is 11.3 Å². The number of fused-ring (bicyclic) bond motifs is 1. The molecule has 0 amide bonds. The number of aryl methyl sites for hydroxylation is 1. The molecule has 2 aromatic carbocycles. The van der Waals surface area contributed by atoms with Crippen LogP contribution in [0.4, 0.5) is 0 Å². The summed E-state index contributed by atoms with van der Waals surface area (Å²) in [4.78, 5) is 12.5. The Balaban J connectivity index is 1.85. The summed E-state index contributed by atoms with van der Waals surface area (Å²) in [6, 6.07) is 16.4. The van der Waals surface area contributed by atoms with Crippen LogP contribution < -0.4 is 0 Å². The molecule has 0 aliphatic heterocycles. The van der Waals surface area contributed by atoms with Gasteiger partial charge in [0.1, 0.15) is 0 Å². The van der Waals surface area contributed by atoms with Crippen molar-refractivity contribution < 1.29 is 4.79 Å². The quantitative estimate of drug-likeness (QED) is 0.622. The van der Waals surface area contributed by atoms with Crippen molar-refractivity contribution in [1.82, 2.24) is 0 Å². The Kier molecular flexibility index (Phi) is 3.66. The maximum Gasteiger partial charge on any atom is 0.168 e. The zero-order valence-corrected chi connectivity index (χ0v) is 12.2. The van der Waals surface area contributed by atoms with Gasteiger partial charge in [0.05, 0.1) is 0 Å². The maximum atomic E-state index is 12.5. The summed E-state index contributed by atoms with van der Waals surface area (Å²) in [7, 11) is 0. The lowest BCUT2D eigenvalue weighted by atomic mass is 10.0. The first-order valence-electron chi connectivity index (χ1n) is 6.85. The van der Waals surface area contributed by atoms with Crippen molar-refractivity contribution in [3.63, 3.8) is 0 Å². The summed E-state index contributed by atoms with van der Waals surface area (Å²) < 4.78 is 1.18. The standard InChI is InChI=1S/C18H16OS/c1-2-13-7-9-14(10-8-13)11-17(19)16-12-20-18-6-4-3-5-15(16)18/h3-10,12H,2,11H2,1H3. The summed E-state index contributed by atoms with van der Waals surface area (Å²) >= 11 is 1.64. The second-order valence-corrected chi connectivity index (χ2v) is 5.83. The molecule has 100 valence electrons. The molecule has 1 heterocycles. The van der Waals surface area contributed by atoms with E-state index in [0.717, 1.165) is 22.9 Å². The van der Waals surface area contributed by atoms with Crippen molar-refractivity contribution in [3.05, 3.63) is 70.6 Å². The van der Waals surface area contributed by atoms with Gasteiger partial charge in [-0.3, -0.25) is 4.79 Å². The largest absolute Gasteiger partial charge is 0.294 e. The van der Waals surface area contributed by atoms with Crippen LogP contribution in [0.5, 0.6) is 0 Å². The summed E-state index contributed by atoms with van der Waals surface area (Å²) in [6.45, 7) is 2.14. The van der Waals surface area contributed by atoms with Gasteiger partial charge in [0, 0.05) is 27.5 Å². The molecule has 3 aromatic rings. The van der Waals surface area contributed by atoms with E-state index in [9.17, 15) is 4.79 Å². The Labute approximate surface area is 122 Å². The Morgan fingerprint density at radius 3 is 2.45 bits per heavy atom. The third kappa shape index (κ3) is 2.52. The molecule has 3 rings (SSSR count). The number of Topliss-reactive ketones (excluding diaryl/α,β-unsaturated/α-hetero) is 1. The van der Waals surface area contributed by atoms with Crippen LogP contribution in [0.1, 0.15) is 28.4 Å². The molecule has 0 unspecified atom stereocenters. The van der Waals surface area contributed by atoms with Crippen molar-refractivity contribution in [2.24, 2.45) is 0 Å². The van der Waals surface area contributed by atoms with Crippen LogP contribution in [-0.2, 0) is 12.8 Å². The summed E-state index contributed by atoms with van der Waals surface area (Å²) in [5, 5.41) is 3.06. The highest BCUT2D eigenvalue weighted by Gasteiger charge is 2.12. The summed E-state index contributed by atoms with van der Waals surface area (Å²) in [5.74, 6) is 0.201. The van der Waals surface area contributed by atoms with E-state index in [-0.39, 0.29) is 5.78 Å². The number of hydrogen-bond acceptors (Lipinski definition) is 2. The second kappa shape index (κ2) is 5.59. The molecule has 0 saturated heterocycles. The molecule has 0 radical (unpaired) electrons. The number of carbonyl (C=O) groups is 1. The number of hydrogen-bond donors (Lipinski definition) is 0. The third-order valence-electron chi connectivity index (χ3n) is 3.58. The van der Waals surface area contributed by atoms with E-state index in [1.165, 1.54) is 10.3 Å². The Morgan fingerprint density at radius 1 is 1.00 bits per heavy atom. The van der Waals surface area contributed by atoms with Gasteiger partial charge in [-0.05, 0) is 23.6 Å². The predicted octanol–water partition coefficient (Wildman–Crippen LogP) is 4.89. The van der Waals surface area contributed by atoms with Gasteiger partial charge < -0.3 is 0 Å². The van der Waals surface area contributed by atoms with Crippen molar-refractivity contribution in [2.75, 3.05) is 0 Å². The fourth-order valence-corrected chi connectivity index (χ4v) is 3.33. The normalized spacial score (nSPS) is 10.8. The molecule has 0 spiro atoms. The molecular weight excluding hydrogens is 264 g/mol. The number of carbonyl (C=O) groups excluding carboxylic acids is 1. The highest BCUT2D eigenvalue weighted by molar-refractivity contribution is 7.17. The van der Waals surface area contributed by atoms with Crippen molar-refractivity contribution in [1.29, 1.82) is 0 Å². The van der Waals surface area contributed by atoms with Gasteiger partial charge in [0.15, 0.2) is 5.78 Å². The van der Waals surface area contributed by atoms with Gasteiger partial charge in [-0.2, -0.15) is 0 Å². The van der Waals surface area contributed by atoms with Gasteiger partial charge >= 0.3 is 0 Å². The van der Waals surface area contributed by atoms with Gasteiger partial charge in [0.25, 0.3) is 0 Å². The Hall–Kier alpha value is -1.93. The average molecular weight is 280 g/mol.